The molecule has 0 fully saturated rings. The van der Waals surface area contributed by atoms with Gasteiger partial charge in [0.15, 0.2) is 0 Å². The van der Waals surface area contributed by atoms with Crippen LogP contribution in [0.5, 0.6) is 5.75 Å². The molecule has 0 radical (unpaired) electrons. The van der Waals surface area contributed by atoms with E-state index in [9.17, 15) is 0 Å². The third-order valence-corrected chi connectivity index (χ3v) is 4.77. The number of terminal acetylenes is 1. The van der Waals surface area contributed by atoms with Gasteiger partial charge in [0.05, 0.1) is 19.6 Å². The number of ether oxygens (including phenoxy) is 1. The smallest absolute Gasteiger partial charge is 0.140 e. The molecule has 25 heavy (non-hydrogen) atoms. The Kier molecular flexibility index (Phi) is 6.86. The molecule has 0 aromatic heterocycles. The molecule has 0 aliphatic heterocycles. The molecule has 0 amide bonds. The molecule has 2 heteroatoms. The molecule has 0 heterocycles. The van der Waals surface area contributed by atoms with Gasteiger partial charge in [0.1, 0.15) is 18.9 Å². The van der Waals surface area contributed by atoms with Gasteiger partial charge in [-0.1, -0.05) is 49.0 Å². The van der Waals surface area contributed by atoms with Crippen LogP contribution in [0.2, 0.25) is 0 Å². The van der Waals surface area contributed by atoms with Crippen LogP contribution in [0.15, 0.2) is 67.3 Å². The molecule has 2 aromatic rings. The normalized spacial score (nSPS) is 14.1. The first-order valence-corrected chi connectivity index (χ1v) is 8.71. The van der Waals surface area contributed by atoms with Gasteiger partial charge >= 0.3 is 0 Å². The Bertz CT molecular complexity index is 699. The minimum atomic E-state index is 0.421. The predicted molar refractivity (Wildman–Crippen MR) is 105 cm³/mol. The zero-order valence-corrected chi connectivity index (χ0v) is 15.3. The first kappa shape index (κ1) is 18.8. The number of rotatable bonds is 9. The quantitative estimate of drug-likeness (QED) is 0.374. The highest BCUT2D eigenvalue weighted by atomic mass is 16.5. The Hall–Kier alpha value is -2.50. The van der Waals surface area contributed by atoms with E-state index in [1.165, 1.54) is 11.1 Å². The second-order valence-corrected chi connectivity index (χ2v) is 6.78. The lowest BCUT2D eigenvalue weighted by Crippen LogP contribution is -2.52. The molecule has 0 aliphatic rings. The molecule has 2 atom stereocenters. The lowest BCUT2D eigenvalue weighted by Gasteiger charge is -2.38. The van der Waals surface area contributed by atoms with Crippen molar-refractivity contribution in [1.29, 1.82) is 0 Å². The SMILES string of the molecule is C#CC[N+](C)(CC=C)C(C)Cc1ccc(OCc2ccccc2)cc1. The van der Waals surface area contributed by atoms with Crippen LogP contribution in [0.4, 0.5) is 0 Å². The van der Waals surface area contributed by atoms with E-state index in [0.717, 1.165) is 23.2 Å². The van der Waals surface area contributed by atoms with Crippen molar-refractivity contribution in [3.8, 4) is 18.1 Å². The third kappa shape index (κ3) is 5.52. The fourth-order valence-corrected chi connectivity index (χ4v) is 2.93. The number of hydrogen-bond acceptors (Lipinski definition) is 1. The van der Waals surface area contributed by atoms with Gasteiger partial charge in [-0.05, 0) is 42.2 Å². The monoisotopic (exact) mass is 334 g/mol. The highest BCUT2D eigenvalue weighted by Gasteiger charge is 2.26. The van der Waals surface area contributed by atoms with Crippen LogP contribution in [-0.4, -0.2) is 30.7 Å². The number of nitrogens with zero attached hydrogens (tertiary/aromatic N) is 1. The zero-order chi connectivity index (χ0) is 18.1. The molecule has 0 bridgehead atoms. The van der Waals surface area contributed by atoms with Gasteiger partial charge in [-0.2, -0.15) is 0 Å². The Morgan fingerprint density at radius 1 is 1.12 bits per heavy atom. The van der Waals surface area contributed by atoms with Crippen molar-refractivity contribution in [3.05, 3.63) is 78.4 Å². The molecule has 0 aliphatic carbocycles. The van der Waals surface area contributed by atoms with Crippen molar-refractivity contribution in [2.24, 2.45) is 0 Å². The zero-order valence-electron chi connectivity index (χ0n) is 15.3. The molecule has 0 saturated carbocycles. The Balaban J connectivity index is 1.95. The summed E-state index contributed by atoms with van der Waals surface area (Å²) in [4.78, 5) is 0. The predicted octanol–water partition coefficient (Wildman–Crippen LogP) is 4.46. The maximum absolute atomic E-state index is 5.85. The first-order valence-electron chi connectivity index (χ1n) is 8.71. The number of benzene rings is 2. The summed E-state index contributed by atoms with van der Waals surface area (Å²) in [6.45, 7) is 8.31. The summed E-state index contributed by atoms with van der Waals surface area (Å²) in [5.74, 6) is 3.70. The number of likely N-dealkylation sites (N-methyl/N-ethyl adjacent to an activating group) is 1. The summed E-state index contributed by atoms with van der Waals surface area (Å²) in [5.41, 5.74) is 2.47. The van der Waals surface area contributed by atoms with E-state index in [0.29, 0.717) is 19.2 Å². The van der Waals surface area contributed by atoms with Crippen molar-refractivity contribution < 1.29 is 9.22 Å². The van der Waals surface area contributed by atoms with E-state index < -0.39 is 0 Å². The van der Waals surface area contributed by atoms with Crippen LogP contribution >= 0.6 is 0 Å². The summed E-state index contributed by atoms with van der Waals surface area (Å²) in [6, 6.07) is 19.0. The minimum absolute atomic E-state index is 0.421. The average molecular weight is 334 g/mol. The minimum Gasteiger partial charge on any atom is -0.489 e. The maximum atomic E-state index is 5.85. The van der Waals surface area contributed by atoms with Gasteiger partial charge in [-0.25, -0.2) is 0 Å². The van der Waals surface area contributed by atoms with Crippen molar-refractivity contribution in [1.82, 2.24) is 0 Å². The lowest BCUT2D eigenvalue weighted by molar-refractivity contribution is -0.919. The number of hydrogen-bond donors (Lipinski definition) is 0. The Morgan fingerprint density at radius 3 is 2.40 bits per heavy atom. The van der Waals surface area contributed by atoms with Crippen LogP contribution in [0, 0.1) is 12.3 Å². The average Bonchev–Trinajstić information content (AvgIpc) is 2.62. The van der Waals surface area contributed by atoms with Gasteiger partial charge in [0, 0.05) is 6.42 Å². The van der Waals surface area contributed by atoms with Gasteiger partial charge < -0.3 is 9.22 Å². The summed E-state index contributed by atoms with van der Waals surface area (Å²) in [5, 5.41) is 0. The fourth-order valence-electron chi connectivity index (χ4n) is 2.93. The fraction of sp³-hybridized carbons (Fsp3) is 0.304. The molecular formula is C23H28NO+. The van der Waals surface area contributed by atoms with Crippen LogP contribution in [-0.2, 0) is 13.0 Å². The van der Waals surface area contributed by atoms with E-state index in [1.807, 2.05) is 36.4 Å². The van der Waals surface area contributed by atoms with E-state index >= 15 is 0 Å². The maximum Gasteiger partial charge on any atom is 0.140 e. The van der Waals surface area contributed by atoms with Crippen LogP contribution < -0.4 is 4.74 Å². The molecule has 2 nitrogen and oxygen atoms in total. The van der Waals surface area contributed by atoms with Crippen LogP contribution in [0.25, 0.3) is 0 Å². The second-order valence-electron chi connectivity index (χ2n) is 6.78. The lowest BCUT2D eigenvalue weighted by atomic mass is 10.0. The summed E-state index contributed by atoms with van der Waals surface area (Å²) in [6.07, 6.45) is 8.49. The van der Waals surface area contributed by atoms with Crippen molar-refractivity contribution in [2.75, 3.05) is 20.1 Å². The summed E-state index contributed by atoms with van der Waals surface area (Å²) in [7, 11) is 2.20. The van der Waals surface area contributed by atoms with Crippen molar-refractivity contribution in [3.63, 3.8) is 0 Å². The van der Waals surface area contributed by atoms with Crippen LogP contribution in [0.3, 0.4) is 0 Å². The Labute approximate surface area is 152 Å². The second kappa shape index (κ2) is 9.11. The van der Waals surface area contributed by atoms with Gasteiger partial charge in [0.2, 0.25) is 0 Å². The van der Waals surface area contributed by atoms with E-state index in [1.54, 1.807) is 0 Å². The molecule has 0 N–H and O–H groups in total. The van der Waals surface area contributed by atoms with E-state index in [-0.39, 0.29) is 0 Å². The molecule has 2 aromatic carbocycles. The van der Waals surface area contributed by atoms with Gasteiger partial charge in [0.25, 0.3) is 0 Å². The van der Waals surface area contributed by atoms with Crippen molar-refractivity contribution in [2.45, 2.75) is 26.0 Å². The number of quaternary nitrogens is 1. The highest BCUT2D eigenvalue weighted by molar-refractivity contribution is 5.28. The summed E-state index contributed by atoms with van der Waals surface area (Å²) >= 11 is 0. The van der Waals surface area contributed by atoms with Gasteiger partial charge in [-0.3, -0.25) is 0 Å². The molecular weight excluding hydrogens is 306 g/mol. The van der Waals surface area contributed by atoms with Crippen LogP contribution in [0.1, 0.15) is 18.1 Å². The Morgan fingerprint density at radius 2 is 1.80 bits per heavy atom. The van der Waals surface area contributed by atoms with E-state index in [4.69, 9.17) is 11.2 Å². The van der Waals surface area contributed by atoms with E-state index in [2.05, 4.69) is 50.7 Å². The largest absolute Gasteiger partial charge is 0.489 e. The molecule has 2 unspecified atom stereocenters. The molecule has 0 spiro atoms. The standard InChI is InChI=1S/C23H28NO/c1-5-16-24(4,17-6-2)20(3)18-21-12-14-23(15-13-21)25-19-22-10-8-7-9-11-22/h1,6-15,20H,2,16-19H2,3-4H3/q+1. The highest BCUT2D eigenvalue weighted by Crippen LogP contribution is 2.19. The molecule has 0 saturated heterocycles. The summed E-state index contributed by atoms with van der Waals surface area (Å²) < 4.78 is 6.66. The molecule has 130 valence electrons. The topological polar surface area (TPSA) is 9.23 Å². The van der Waals surface area contributed by atoms with Crippen molar-refractivity contribution >= 4 is 0 Å². The van der Waals surface area contributed by atoms with Gasteiger partial charge in [-0.15, -0.1) is 6.42 Å². The molecule has 2 rings (SSSR count). The third-order valence-electron chi connectivity index (χ3n) is 4.77. The first-order chi connectivity index (χ1) is 12.1.